The van der Waals surface area contributed by atoms with Crippen LogP contribution in [0.2, 0.25) is 0 Å². The Balaban J connectivity index is 1.64. The number of rotatable bonds is 3. The van der Waals surface area contributed by atoms with Crippen molar-refractivity contribution in [2.45, 2.75) is 0 Å². The molecule has 0 unspecified atom stereocenters. The van der Waals surface area contributed by atoms with E-state index in [0.29, 0.717) is 0 Å². The molecule has 6 aromatic rings. The maximum absolute atomic E-state index is 2.35. The van der Waals surface area contributed by atoms with Crippen molar-refractivity contribution in [2.24, 2.45) is 0 Å². The van der Waals surface area contributed by atoms with Crippen molar-refractivity contribution in [3.05, 3.63) is 121 Å². The van der Waals surface area contributed by atoms with E-state index in [4.69, 9.17) is 0 Å². The maximum atomic E-state index is 2.35. The second-order valence-electron chi connectivity index (χ2n) is 7.81. The molecular formula is C30H20S. The van der Waals surface area contributed by atoms with Crippen molar-refractivity contribution >= 4 is 32.9 Å². The number of benzene rings is 5. The van der Waals surface area contributed by atoms with E-state index in [-0.39, 0.29) is 0 Å². The molecule has 0 radical (unpaired) electrons. The Morgan fingerprint density at radius 2 is 1.03 bits per heavy atom. The highest BCUT2D eigenvalue weighted by Gasteiger charge is 2.16. The van der Waals surface area contributed by atoms with Crippen LogP contribution < -0.4 is 0 Å². The van der Waals surface area contributed by atoms with Crippen LogP contribution in [0.3, 0.4) is 0 Å². The normalized spacial score (nSPS) is 11.2. The molecule has 0 aliphatic carbocycles. The van der Waals surface area contributed by atoms with Gasteiger partial charge in [-0.15, -0.1) is 11.3 Å². The predicted molar refractivity (Wildman–Crippen MR) is 136 cm³/mol. The summed E-state index contributed by atoms with van der Waals surface area (Å²) in [6.07, 6.45) is 0. The molecule has 1 aromatic heterocycles. The Morgan fingerprint density at radius 3 is 1.77 bits per heavy atom. The molecule has 1 heterocycles. The zero-order valence-corrected chi connectivity index (χ0v) is 17.8. The Hall–Kier alpha value is -3.68. The summed E-state index contributed by atoms with van der Waals surface area (Å²) in [6.45, 7) is 0. The van der Waals surface area contributed by atoms with Gasteiger partial charge in [0, 0.05) is 20.9 Å². The van der Waals surface area contributed by atoms with Crippen LogP contribution in [0.15, 0.2) is 121 Å². The molecule has 0 spiro atoms. The average Bonchev–Trinajstić information content (AvgIpc) is 3.29. The Kier molecular flexibility index (Phi) is 4.40. The van der Waals surface area contributed by atoms with E-state index in [1.54, 1.807) is 0 Å². The van der Waals surface area contributed by atoms with Crippen LogP contribution >= 0.6 is 11.3 Å². The molecule has 0 aliphatic heterocycles. The minimum atomic E-state index is 1.26. The van der Waals surface area contributed by atoms with Gasteiger partial charge in [0.05, 0.1) is 0 Å². The van der Waals surface area contributed by atoms with Crippen molar-refractivity contribution in [3.63, 3.8) is 0 Å². The summed E-state index contributed by atoms with van der Waals surface area (Å²) >= 11 is 1.88. The van der Waals surface area contributed by atoms with Gasteiger partial charge < -0.3 is 0 Å². The van der Waals surface area contributed by atoms with E-state index >= 15 is 0 Å². The van der Waals surface area contributed by atoms with Crippen molar-refractivity contribution in [2.75, 3.05) is 0 Å². The summed E-state index contributed by atoms with van der Waals surface area (Å²) in [7, 11) is 0. The third-order valence-corrected chi connectivity index (χ3v) is 7.08. The van der Waals surface area contributed by atoms with E-state index in [9.17, 15) is 0 Å². The number of thiophene rings is 1. The van der Waals surface area contributed by atoms with Gasteiger partial charge in [0.2, 0.25) is 0 Å². The first-order valence-corrected chi connectivity index (χ1v) is 11.3. The molecule has 0 aliphatic rings. The average molecular weight is 413 g/mol. The van der Waals surface area contributed by atoms with Gasteiger partial charge in [-0.25, -0.2) is 0 Å². The molecule has 6 rings (SSSR count). The van der Waals surface area contributed by atoms with E-state index in [0.717, 1.165) is 0 Å². The predicted octanol–water partition coefficient (Wildman–Crippen LogP) is 9.06. The smallest absolute Gasteiger partial charge is 0.0434 e. The van der Waals surface area contributed by atoms with E-state index < -0.39 is 0 Å². The summed E-state index contributed by atoms with van der Waals surface area (Å²) in [4.78, 5) is 2.62. The molecule has 5 aromatic carbocycles. The molecule has 0 fully saturated rings. The first-order chi connectivity index (χ1) is 15.4. The zero-order chi connectivity index (χ0) is 20.6. The largest absolute Gasteiger partial charge is 0.135 e. The van der Waals surface area contributed by atoms with Crippen LogP contribution in [-0.4, -0.2) is 0 Å². The SMILES string of the molecule is c1ccc(-c2cc(-c3ccccc3)c(-c3cccc4cc5ccccc5cc34)s2)cc1. The van der Waals surface area contributed by atoms with Gasteiger partial charge >= 0.3 is 0 Å². The van der Waals surface area contributed by atoms with E-state index in [2.05, 4.69) is 121 Å². The molecule has 146 valence electrons. The molecule has 0 N–H and O–H groups in total. The lowest BCUT2D eigenvalue weighted by atomic mass is 9.96. The quantitative estimate of drug-likeness (QED) is 0.254. The summed E-state index contributed by atoms with van der Waals surface area (Å²) in [6, 6.07) is 43.7. The standard InChI is InChI=1S/C30H20S/c1-3-10-21(11-4-1)28-20-29(22-12-5-2-6-13-22)31-30(28)26-17-9-16-25-18-23-14-7-8-15-24(23)19-27(25)26/h1-20H. The van der Waals surface area contributed by atoms with Gasteiger partial charge in [-0.2, -0.15) is 0 Å². The van der Waals surface area contributed by atoms with Crippen LogP contribution in [0.5, 0.6) is 0 Å². The van der Waals surface area contributed by atoms with Gasteiger partial charge in [-0.05, 0) is 50.9 Å². The lowest BCUT2D eigenvalue weighted by Crippen LogP contribution is -1.83. The van der Waals surface area contributed by atoms with Gasteiger partial charge in [-0.3, -0.25) is 0 Å². The zero-order valence-electron chi connectivity index (χ0n) is 17.0. The lowest BCUT2D eigenvalue weighted by molar-refractivity contribution is 1.66. The van der Waals surface area contributed by atoms with Crippen molar-refractivity contribution in [1.82, 2.24) is 0 Å². The summed E-state index contributed by atoms with van der Waals surface area (Å²) in [5.74, 6) is 0. The highest BCUT2D eigenvalue weighted by Crippen LogP contribution is 2.45. The Bertz CT molecular complexity index is 1510. The monoisotopic (exact) mass is 412 g/mol. The van der Waals surface area contributed by atoms with E-state index in [1.165, 1.54) is 53.6 Å². The number of fused-ring (bicyclic) bond motifs is 2. The highest BCUT2D eigenvalue weighted by atomic mass is 32.1. The van der Waals surface area contributed by atoms with Crippen LogP contribution in [0.1, 0.15) is 0 Å². The first-order valence-electron chi connectivity index (χ1n) is 10.5. The number of hydrogen-bond donors (Lipinski definition) is 0. The fourth-order valence-electron chi connectivity index (χ4n) is 4.33. The first kappa shape index (κ1) is 18.1. The minimum absolute atomic E-state index is 1.26. The fourth-order valence-corrected chi connectivity index (χ4v) is 5.56. The molecule has 31 heavy (non-hydrogen) atoms. The maximum Gasteiger partial charge on any atom is 0.0434 e. The highest BCUT2D eigenvalue weighted by molar-refractivity contribution is 7.19. The molecule has 0 saturated heterocycles. The third-order valence-electron chi connectivity index (χ3n) is 5.87. The van der Waals surface area contributed by atoms with Crippen molar-refractivity contribution in [1.29, 1.82) is 0 Å². The molecule has 0 nitrogen and oxygen atoms in total. The topological polar surface area (TPSA) is 0 Å². The van der Waals surface area contributed by atoms with Crippen LogP contribution in [0.4, 0.5) is 0 Å². The molecule has 0 bridgehead atoms. The molecule has 0 atom stereocenters. The molecular weight excluding hydrogens is 392 g/mol. The minimum Gasteiger partial charge on any atom is -0.135 e. The van der Waals surface area contributed by atoms with Crippen molar-refractivity contribution < 1.29 is 0 Å². The second kappa shape index (κ2) is 7.54. The molecule has 0 saturated carbocycles. The Morgan fingerprint density at radius 1 is 0.419 bits per heavy atom. The lowest BCUT2D eigenvalue weighted by Gasteiger charge is -2.10. The van der Waals surface area contributed by atoms with Gasteiger partial charge in [0.25, 0.3) is 0 Å². The van der Waals surface area contributed by atoms with Gasteiger partial charge in [0.15, 0.2) is 0 Å². The van der Waals surface area contributed by atoms with Gasteiger partial charge in [-0.1, -0.05) is 103 Å². The van der Waals surface area contributed by atoms with Crippen LogP contribution in [0.25, 0.3) is 53.6 Å². The Labute approximate surface area is 186 Å². The van der Waals surface area contributed by atoms with Crippen LogP contribution in [-0.2, 0) is 0 Å². The van der Waals surface area contributed by atoms with E-state index in [1.807, 2.05) is 11.3 Å². The van der Waals surface area contributed by atoms with Crippen LogP contribution in [0, 0.1) is 0 Å². The fraction of sp³-hybridized carbons (Fsp3) is 0. The summed E-state index contributed by atoms with van der Waals surface area (Å²) < 4.78 is 0. The van der Waals surface area contributed by atoms with Crippen molar-refractivity contribution in [3.8, 4) is 32.0 Å². The molecule has 1 heteroatoms. The summed E-state index contributed by atoms with van der Waals surface area (Å²) in [5.41, 5.74) is 5.12. The third kappa shape index (κ3) is 3.24. The number of hydrogen-bond acceptors (Lipinski definition) is 1. The molecule has 0 amide bonds. The second-order valence-corrected chi connectivity index (χ2v) is 8.86. The van der Waals surface area contributed by atoms with Gasteiger partial charge in [0.1, 0.15) is 0 Å². The summed E-state index contributed by atoms with van der Waals surface area (Å²) in [5, 5.41) is 5.15.